The van der Waals surface area contributed by atoms with E-state index in [4.69, 9.17) is 16.3 Å². The molecule has 2 aromatic rings. The van der Waals surface area contributed by atoms with Gasteiger partial charge in [0.2, 0.25) is 10.0 Å². The highest BCUT2D eigenvalue weighted by molar-refractivity contribution is 7.89. The Balaban J connectivity index is 1.93. The van der Waals surface area contributed by atoms with Crippen LogP contribution in [0.5, 0.6) is 5.75 Å². The first-order valence-electron chi connectivity index (χ1n) is 7.68. The fourth-order valence-electron chi connectivity index (χ4n) is 2.12. The second kappa shape index (κ2) is 7.55. The van der Waals surface area contributed by atoms with Crippen molar-refractivity contribution in [1.82, 2.24) is 4.72 Å². The summed E-state index contributed by atoms with van der Waals surface area (Å²) in [5.41, 5.74) is 1.07. The monoisotopic (exact) mass is 367 g/mol. The van der Waals surface area contributed by atoms with Crippen LogP contribution in [0.15, 0.2) is 53.4 Å². The third kappa shape index (κ3) is 4.97. The Morgan fingerprint density at radius 3 is 2.25 bits per heavy atom. The smallest absolute Gasteiger partial charge is 0.240 e. The van der Waals surface area contributed by atoms with Gasteiger partial charge in [0.05, 0.1) is 9.92 Å². The van der Waals surface area contributed by atoms with Crippen molar-refractivity contribution < 1.29 is 13.2 Å². The molecule has 1 N–H and O–H groups in total. The molecule has 24 heavy (non-hydrogen) atoms. The molecule has 0 amide bonds. The largest absolute Gasteiger partial charge is 0.491 e. The Kier molecular flexibility index (Phi) is 5.91. The van der Waals surface area contributed by atoms with Crippen LogP contribution in [0.3, 0.4) is 0 Å². The van der Waals surface area contributed by atoms with Crippen LogP contribution in [0.25, 0.3) is 0 Å². The van der Waals surface area contributed by atoms with Crippen LogP contribution < -0.4 is 9.46 Å². The summed E-state index contributed by atoms with van der Waals surface area (Å²) in [5.74, 6) is 0.535. The number of halogens is 1. The first-order chi connectivity index (χ1) is 11.2. The van der Waals surface area contributed by atoms with Gasteiger partial charge in [-0.05, 0) is 35.2 Å². The third-order valence-electron chi connectivity index (χ3n) is 3.52. The lowest BCUT2D eigenvalue weighted by Gasteiger charge is -2.19. The number of hydrogen-bond acceptors (Lipinski definition) is 3. The summed E-state index contributed by atoms with van der Waals surface area (Å²) in [7, 11) is -3.55. The molecule has 0 bridgehead atoms. The third-order valence-corrected chi connectivity index (χ3v) is 5.31. The van der Waals surface area contributed by atoms with Gasteiger partial charge >= 0.3 is 0 Å². The van der Waals surface area contributed by atoms with E-state index in [1.165, 1.54) is 0 Å². The Hall–Kier alpha value is -1.56. The van der Waals surface area contributed by atoms with E-state index in [0.29, 0.717) is 10.8 Å². The number of sulfonamides is 1. The molecule has 0 heterocycles. The summed E-state index contributed by atoms with van der Waals surface area (Å²) in [4.78, 5) is 0.244. The highest BCUT2D eigenvalue weighted by Crippen LogP contribution is 2.24. The number of nitrogens with one attached hydrogen (secondary N) is 1. The number of benzene rings is 2. The predicted octanol–water partition coefficient (Wildman–Crippen LogP) is 3.99. The molecule has 4 nitrogen and oxygen atoms in total. The zero-order chi connectivity index (χ0) is 17.8. The first kappa shape index (κ1) is 18.8. The molecule has 0 spiro atoms. The van der Waals surface area contributed by atoms with Crippen LogP contribution >= 0.6 is 11.6 Å². The van der Waals surface area contributed by atoms with Crippen LogP contribution in [-0.4, -0.2) is 21.6 Å². The van der Waals surface area contributed by atoms with Gasteiger partial charge in [-0.3, -0.25) is 0 Å². The van der Waals surface area contributed by atoms with Gasteiger partial charge in [0.25, 0.3) is 0 Å². The van der Waals surface area contributed by atoms with E-state index >= 15 is 0 Å². The topological polar surface area (TPSA) is 55.4 Å². The second-order valence-corrected chi connectivity index (χ2v) is 8.63. The summed E-state index contributed by atoms with van der Waals surface area (Å²) in [6.45, 7) is 6.61. The summed E-state index contributed by atoms with van der Waals surface area (Å²) in [6.07, 6.45) is 0. The maximum absolute atomic E-state index is 12.3. The Morgan fingerprint density at radius 2 is 1.67 bits per heavy atom. The minimum absolute atomic E-state index is 0.0154. The normalized spacial score (nSPS) is 12.2. The van der Waals surface area contributed by atoms with Gasteiger partial charge in [-0.1, -0.05) is 56.6 Å². The fraction of sp³-hybridized carbons (Fsp3) is 0.333. The summed E-state index contributed by atoms with van der Waals surface area (Å²) >= 11 is 5.98. The Morgan fingerprint density at radius 1 is 1.04 bits per heavy atom. The predicted molar refractivity (Wildman–Crippen MR) is 97.3 cm³/mol. The van der Waals surface area contributed by atoms with E-state index in [1.807, 2.05) is 18.2 Å². The number of para-hydroxylation sites is 1. The minimum Gasteiger partial charge on any atom is -0.491 e. The van der Waals surface area contributed by atoms with Crippen LogP contribution in [0, 0.1) is 0 Å². The van der Waals surface area contributed by atoms with E-state index < -0.39 is 10.0 Å². The lowest BCUT2D eigenvalue weighted by molar-refractivity contribution is 0.323. The molecule has 0 aliphatic rings. The molecule has 2 aromatic carbocycles. The molecular formula is C18H22ClNO3S. The van der Waals surface area contributed by atoms with E-state index in [9.17, 15) is 8.42 Å². The van der Waals surface area contributed by atoms with Gasteiger partial charge in [0, 0.05) is 6.54 Å². The van der Waals surface area contributed by atoms with E-state index in [1.54, 1.807) is 30.3 Å². The van der Waals surface area contributed by atoms with Crippen LogP contribution in [0.1, 0.15) is 26.3 Å². The van der Waals surface area contributed by atoms with E-state index in [2.05, 4.69) is 25.5 Å². The first-order valence-corrected chi connectivity index (χ1v) is 9.54. The van der Waals surface area contributed by atoms with Crippen LogP contribution in [0.2, 0.25) is 5.02 Å². The molecule has 6 heteroatoms. The highest BCUT2D eigenvalue weighted by Gasteiger charge is 2.17. The molecule has 2 rings (SSSR count). The number of hydrogen-bond donors (Lipinski definition) is 1. The van der Waals surface area contributed by atoms with Gasteiger partial charge in [-0.15, -0.1) is 0 Å². The average Bonchev–Trinajstić information content (AvgIpc) is 2.52. The molecule has 130 valence electrons. The average molecular weight is 368 g/mol. The Labute approximate surface area is 148 Å². The molecule has 0 unspecified atom stereocenters. The van der Waals surface area contributed by atoms with Crippen molar-refractivity contribution in [3.8, 4) is 5.75 Å². The van der Waals surface area contributed by atoms with Gasteiger partial charge in [0.1, 0.15) is 12.4 Å². The molecule has 0 fully saturated rings. The molecule has 0 radical (unpaired) electrons. The standard InChI is InChI=1S/C18H22ClNO3S/c1-18(2,3)14-8-10-15(11-9-14)24(21,22)20-12-13-23-17-7-5-4-6-16(17)19/h4-11,20H,12-13H2,1-3H3. The number of ether oxygens (including phenoxy) is 1. The van der Waals surface area contributed by atoms with Crippen molar-refractivity contribution in [3.05, 3.63) is 59.1 Å². The molecule has 0 aliphatic heterocycles. The van der Waals surface area contributed by atoms with Gasteiger partial charge < -0.3 is 4.74 Å². The molecule has 0 aliphatic carbocycles. The highest BCUT2D eigenvalue weighted by atomic mass is 35.5. The van der Waals surface area contributed by atoms with Gasteiger partial charge in [-0.25, -0.2) is 13.1 Å². The van der Waals surface area contributed by atoms with Crippen molar-refractivity contribution in [2.45, 2.75) is 31.1 Å². The number of rotatable bonds is 6. The molecular weight excluding hydrogens is 346 g/mol. The molecule has 0 atom stereocenters. The molecule has 0 saturated carbocycles. The van der Waals surface area contributed by atoms with Gasteiger partial charge in [0.15, 0.2) is 0 Å². The molecule has 0 aromatic heterocycles. The lowest BCUT2D eigenvalue weighted by Crippen LogP contribution is -2.28. The fourth-order valence-corrected chi connectivity index (χ4v) is 3.32. The molecule has 0 saturated heterocycles. The van der Waals surface area contributed by atoms with Crippen molar-refractivity contribution >= 4 is 21.6 Å². The zero-order valence-corrected chi connectivity index (χ0v) is 15.6. The lowest BCUT2D eigenvalue weighted by atomic mass is 9.87. The maximum Gasteiger partial charge on any atom is 0.240 e. The van der Waals surface area contributed by atoms with Crippen molar-refractivity contribution in [2.75, 3.05) is 13.2 Å². The summed E-state index contributed by atoms with van der Waals surface area (Å²) in [5, 5.41) is 0.498. The van der Waals surface area contributed by atoms with E-state index in [0.717, 1.165) is 5.56 Å². The van der Waals surface area contributed by atoms with Crippen molar-refractivity contribution in [1.29, 1.82) is 0 Å². The maximum atomic E-state index is 12.3. The van der Waals surface area contributed by atoms with Gasteiger partial charge in [-0.2, -0.15) is 0 Å². The SMILES string of the molecule is CC(C)(C)c1ccc(S(=O)(=O)NCCOc2ccccc2Cl)cc1. The van der Waals surface area contributed by atoms with Crippen molar-refractivity contribution in [3.63, 3.8) is 0 Å². The second-order valence-electron chi connectivity index (χ2n) is 6.45. The van der Waals surface area contributed by atoms with Crippen LogP contribution in [0.4, 0.5) is 0 Å². The summed E-state index contributed by atoms with van der Waals surface area (Å²) in [6, 6.07) is 14.0. The zero-order valence-electron chi connectivity index (χ0n) is 14.0. The quantitative estimate of drug-likeness (QED) is 0.785. The van der Waals surface area contributed by atoms with Crippen molar-refractivity contribution in [2.24, 2.45) is 0 Å². The summed E-state index contributed by atoms with van der Waals surface area (Å²) < 4.78 is 32.6. The van der Waals surface area contributed by atoms with E-state index in [-0.39, 0.29) is 23.5 Å². The minimum atomic E-state index is -3.55. The Bertz CT molecular complexity index is 781. The van der Waals surface area contributed by atoms with Crippen LogP contribution in [-0.2, 0) is 15.4 Å².